The molecule has 2 saturated heterocycles. The Balaban J connectivity index is 1.48. The van der Waals surface area contributed by atoms with Crippen LogP contribution in [0.5, 0.6) is 0 Å². The smallest absolute Gasteiger partial charge is 0.236 e. The van der Waals surface area contributed by atoms with Gasteiger partial charge in [0.05, 0.1) is 5.25 Å². The average Bonchev–Trinajstić information content (AvgIpc) is 3.48. The van der Waals surface area contributed by atoms with Gasteiger partial charge in [-0.1, -0.05) is 18.7 Å². The first-order chi connectivity index (χ1) is 13.2. The molecule has 4 rings (SSSR count). The summed E-state index contributed by atoms with van der Waals surface area (Å²) in [5.74, 6) is 1.31. The second-order valence-corrected chi connectivity index (χ2v) is 9.59. The van der Waals surface area contributed by atoms with E-state index in [0.29, 0.717) is 12.1 Å². The van der Waals surface area contributed by atoms with Gasteiger partial charge >= 0.3 is 0 Å². The molecule has 2 atom stereocenters. The van der Waals surface area contributed by atoms with Crippen molar-refractivity contribution in [3.05, 3.63) is 0 Å². The largest absolute Gasteiger partial charge is 0.341 e. The van der Waals surface area contributed by atoms with E-state index in [1.807, 2.05) is 6.92 Å². The molecule has 3 aliphatic rings. The molecule has 0 spiro atoms. The predicted octanol–water partition coefficient (Wildman–Crippen LogP) is 3.88. The number of carbonyl (C=O) groups is 1. The molecule has 6 nitrogen and oxygen atoms in total. The summed E-state index contributed by atoms with van der Waals surface area (Å²) in [4.78, 5) is 17.6. The summed E-state index contributed by atoms with van der Waals surface area (Å²) in [6.45, 7) is 7.31. The maximum atomic E-state index is 13.1. The summed E-state index contributed by atoms with van der Waals surface area (Å²) >= 11 is 1.61. The van der Waals surface area contributed by atoms with E-state index in [9.17, 15) is 4.79 Å². The summed E-state index contributed by atoms with van der Waals surface area (Å²) in [6, 6.07) is 0.944. The number of hydrogen-bond acceptors (Lipinski definition) is 5. The number of aromatic nitrogens is 3. The van der Waals surface area contributed by atoms with E-state index in [4.69, 9.17) is 0 Å². The highest BCUT2D eigenvalue weighted by molar-refractivity contribution is 8.00. The number of piperidine rings is 2. The zero-order valence-electron chi connectivity index (χ0n) is 16.8. The number of nitrogens with zero attached hydrogens (tertiary/aromatic N) is 5. The Morgan fingerprint density at radius 2 is 1.81 bits per heavy atom. The van der Waals surface area contributed by atoms with Gasteiger partial charge in [-0.05, 0) is 64.7 Å². The fraction of sp³-hybridized carbons (Fsp3) is 0.850. The normalized spacial score (nSPS) is 24.9. The van der Waals surface area contributed by atoms with E-state index in [1.54, 1.807) is 11.8 Å². The molecule has 3 fully saturated rings. The van der Waals surface area contributed by atoms with Crippen molar-refractivity contribution in [2.75, 3.05) is 24.5 Å². The molecule has 0 aromatic carbocycles. The third kappa shape index (κ3) is 4.13. The molecule has 1 amide bonds. The van der Waals surface area contributed by atoms with Crippen molar-refractivity contribution in [3.63, 3.8) is 0 Å². The van der Waals surface area contributed by atoms with Crippen LogP contribution in [0.2, 0.25) is 0 Å². The van der Waals surface area contributed by atoms with Crippen LogP contribution in [0.25, 0.3) is 0 Å². The van der Waals surface area contributed by atoms with Crippen molar-refractivity contribution in [3.8, 4) is 0 Å². The van der Waals surface area contributed by atoms with E-state index in [1.165, 1.54) is 38.5 Å². The Hall–Kier alpha value is -1.24. The Morgan fingerprint density at radius 3 is 2.52 bits per heavy atom. The summed E-state index contributed by atoms with van der Waals surface area (Å²) in [5.41, 5.74) is 0. The van der Waals surface area contributed by atoms with Crippen LogP contribution < -0.4 is 4.90 Å². The SMILES string of the molecule is CCC1CCCCN1C(=O)C(C)Sc1nnc(N2CCCCC2)n1C1CC1. The number of anilines is 1. The monoisotopic (exact) mass is 391 g/mol. The second kappa shape index (κ2) is 8.41. The van der Waals surface area contributed by atoms with Gasteiger partial charge in [0.1, 0.15) is 0 Å². The second-order valence-electron chi connectivity index (χ2n) is 8.28. The Labute approximate surface area is 167 Å². The van der Waals surface area contributed by atoms with Gasteiger partial charge in [0, 0.05) is 31.7 Å². The third-order valence-electron chi connectivity index (χ3n) is 6.21. The van der Waals surface area contributed by atoms with E-state index in [-0.39, 0.29) is 11.2 Å². The number of thioether (sulfide) groups is 1. The number of hydrogen-bond donors (Lipinski definition) is 0. The van der Waals surface area contributed by atoms with Crippen LogP contribution in [0.4, 0.5) is 5.95 Å². The fourth-order valence-electron chi connectivity index (χ4n) is 4.47. The molecule has 2 unspecified atom stereocenters. The minimum Gasteiger partial charge on any atom is -0.341 e. The molecule has 2 aliphatic heterocycles. The first kappa shape index (κ1) is 19.1. The van der Waals surface area contributed by atoms with Gasteiger partial charge in [0.2, 0.25) is 11.9 Å². The van der Waals surface area contributed by atoms with Crippen molar-refractivity contribution < 1.29 is 4.79 Å². The van der Waals surface area contributed by atoms with Crippen LogP contribution in [0.3, 0.4) is 0 Å². The Morgan fingerprint density at radius 1 is 1.07 bits per heavy atom. The first-order valence-corrected chi connectivity index (χ1v) is 11.7. The highest BCUT2D eigenvalue weighted by Gasteiger charge is 2.35. The molecular weight excluding hydrogens is 358 g/mol. The van der Waals surface area contributed by atoms with Crippen molar-refractivity contribution in [1.82, 2.24) is 19.7 Å². The standard InChI is InChI=1S/C20H33N5OS/c1-3-16-9-5-8-14-24(16)18(26)15(2)27-20-22-21-19(25(20)17-10-11-17)23-12-6-4-7-13-23/h15-17H,3-14H2,1-2H3. The Bertz CT molecular complexity index is 653. The minimum absolute atomic E-state index is 0.104. The van der Waals surface area contributed by atoms with Crippen molar-refractivity contribution in [2.24, 2.45) is 0 Å². The highest BCUT2D eigenvalue weighted by atomic mass is 32.2. The molecule has 1 saturated carbocycles. The van der Waals surface area contributed by atoms with Crippen LogP contribution in [-0.4, -0.2) is 56.5 Å². The number of likely N-dealkylation sites (tertiary alicyclic amines) is 1. The number of amides is 1. The molecule has 150 valence electrons. The maximum absolute atomic E-state index is 13.1. The molecule has 1 aromatic heterocycles. The average molecular weight is 392 g/mol. The third-order valence-corrected chi connectivity index (χ3v) is 7.25. The van der Waals surface area contributed by atoms with Gasteiger partial charge in [0.15, 0.2) is 5.16 Å². The summed E-state index contributed by atoms with van der Waals surface area (Å²) in [6.07, 6.45) is 10.8. The highest BCUT2D eigenvalue weighted by Crippen LogP contribution is 2.42. The molecule has 3 heterocycles. The van der Waals surface area contributed by atoms with Gasteiger partial charge in [-0.25, -0.2) is 0 Å². The van der Waals surface area contributed by atoms with Gasteiger partial charge in [-0.15, -0.1) is 10.2 Å². The van der Waals surface area contributed by atoms with Gasteiger partial charge in [-0.3, -0.25) is 9.36 Å². The van der Waals surface area contributed by atoms with Crippen molar-refractivity contribution in [1.29, 1.82) is 0 Å². The predicted molar refractivity (Wildman–Crippen MR) is 109 cm³/mol. The first-order valence-electron chi connectivity index (χ1n) is 10.9. The topological polar surface area (TPSA) is 54.3 Å². The molecule has 7 heteroatoms. The lowest BCUT2D eigenvalue weighted by Gasteiger charge is -2.36. The molecule has 1 aromatic rings. The molecule has 0 radical (unpaired) electrons. The fourth-order valence-corrected chi connectivity index (χ4v) is 5.45. The molecule has 0 N–H and O–H groups in total. The van der Waals surface area contributed by atoms with E-state index < -0.39 is 0 Å². The zero-order valence-corrected chi connectivity index (χ0v) is 17.6. The van der Waals surface area contributed by atoms with Crippen LogP contribution in [0.1, 0.15) is 77.7 Å². The minimum atomic E-state index is -0.104. The molecular formula is C20H33N5OS. The summed E-state index contributed by atoms with van der Waals surface area (Å²) in [5, 5.41) is 9.90. The van der Waals surface area contributed by atoms with Gasteiger partial charge < -0.3 is 9.80 Å². The van der Waals surface area contributed by atoms with Crippen LogP contribution in [-0.2, 0) is 4.79 Å². The summed E-state index contributed by atoms with van der Waals surface area (Å²) < 4.78 is 2.33. The number of carbonyl (C=O) groups excluding carboxylic acids is 1. The lowest BCUT2D eigenvalue weighted by molar-refractivity contribution is -0.134. The molecule has 27 heavy (non-hydrogen) atoms. The number of rotatable bonds is 6. The van der Waals surface area contributed by atoms with Crippen LogP contribution in [0, 0.1) is 0 Å². The lowest BCUT2D eigenvalue weighted by atomic mass is 10.00. The van der Waals surface area contributed by atoms with E-state index >= 15 is 0 Å². The van der Waals surface area contributed by atoms with Crippen LogP contribution in [0.15, 0.2) is 5.16 Å². The lowest BCUT2D eigenvalue weighted by Crippen LogP contribution is -2.46. The van der Waals surface area contributed by atoms with Crippen molar-refractivity contribution in [2.45, 2.75) is 94.1 Å². The maximum Gasteiger partial charge on any atom is 0.236 e. The molecule has 1 aliphatic carbocycles. The summed E-state index contributed by atoms with van der Waals surface area (Å²) in [7, 11) is 0. The van der Waals surface area contributed by atoms with Gasteiger partial charge in [-0.2, -0.15) is 0 Å². The Kier molecular flexibility index (Phi) is 5.95. The zero-order chi connectivity index (χ0) is 18.8. The van der Waals surface area contributed by atoms with Crippen molar-refractivity contribution >= 4 is 23.6 Å². The van der Waals surface area contributed by atoms with Gasteiger partial charge in [0.25, 0.3) is 0 Å². The van der Waals surface area contributed by atoms with E-state index in [0.717, 1.165) is 50.0 Å². The quantitative estimate of drug-likeness (QED) is 0.689. The van der Waals surface area contributed by atoms with Crippen LogP contribution >= 0.6 is 11.8 Å². The molecule has 0 bridgehead atoms. The van der Waals surface area contributed by atoms with E-state index in [2.05, 4.69) is 31.5 Å².